The van der Waals surface area contributed by atoms with Crippen molar-refractivity contribution >= 4 is 10.0 Å². The molecule has 6 heteroatoms. The molecule has 2 atom stereocenters. The topological polar surface area (TPSA) is 63.4 Å². The van der Waals surface area contributed by atoms with E-state index in [0.29, 0.717) is 18.0 Å². The Bertz CT molecular complexity index is 589. The van der Waals surface area contributed by atoms with Crippen molar-refractivity contribution in [2.45, 2.75) is 37.6 Å². The zero-order chi connectivity index (χ0) is 14.9. The second-order valence-corrected chi connectivity index (χ2v) is 7.44. The lowest BCUT2D eigenvalue weighted by molar-refractivity contribution is 0.211. The SMILES string of the molecule is Cc1ccc(S(=O)(=O)N2CCC(C)CC2CN)cc1F. The minimum Gasteiger partial charge on any atom is -0.329 e. The van der Waals surface area contributed by atoms with Gasteiger partial charge >= 0.3 is 0 Å². The molecule has 4 nitrogen and oxygen atoms in total. The number of halogens is 1. The highest BCUT2D eigenvalue weighted by Crippen LogP contribution is 2.28. The molecule has 1 fully saturated rings. The third-order valence-corrected chi connectivity index (χ3v) is 5.89. The van der Waals surface area contributed by atoms with Gasteiger partial charge in [-0.15, -0.1) is 0 Å². The maximum Gasteiger partial charge on any atom is 0.243 e. The smallest absolute Gasteiger partial charge is 0.243 e. The first-order chi connectivity index (χ1) is 9.36. The van der Waals surface area contributed by atoms with Crippen LogP contribution in [0, 0.1) is 18.7 Å². The van der Waals surface area contributed by atoms with Crippen LogP contribution < -0.4 is 5.73 Å². The number of aryl methyl sites for hydroxylation is 1. The van der Waals surface area contributed by atoms with Crippen LogP contribution in [0.1, 0.15) is 25.3 Å². The molecule has 0 radical (unpaired) electrons. The zero-order valence-corrected chi connectivity index (χ0v) is 12.7. The van der Waals surface area contributed by atoms with Crippen molar-refractivity contribution in [3.8, 4) is 0 Å². The lowest BCUT2D eigenvalue weighted by Gasteiger charge is -2.36. The van der Waals surface area contributed by atoms with E-state index in [-0.39, 0.29) is 17.5 Å². The van der Waals surface area contributed by atoms with Crippen LogP contribution in [-0.2, 0) is 10.0 Å². The predicted molar refractivity (Wildman–Crippen MR) is 76.3 cm³/mol. The molecule has 0 spiro atoms. The minimum atomic E-state index is -3.67. The van der Waals surface area contributed by atoms with Crippen molar-refractivity contribution in [2.75, 3.05) is 13.1 Å². The summed E-state index contributed by atoms with van der Waals surface area (Å²) in [5.74, 6) is -0.0366. The fourth-order valence-electron chi connectivity index (χ4n) is 2.63. The van der Waals surface area contributed by atoms with Crippen LogP contribution in [0.3, 0.4) is 0 Å². The first-order valence-corrected chi connectivity index (χ1v) is 8.28. The standard InChI is InChI=1S/C14H21FN2O2S/c1-10-5-6-17(12(7-10)9-16)20(18,19)13-4-3-11(2)14(15)8-13/h3-4,8,10,12H,5-7,9,16H2,1-2H3. The average molecular weight is 300 g/mol. The van der Waals surface area contributed by atoms with Gasteiger partial charge in [0.15, 0.2) is 0 Å². The Morgan fingerprint density at radius 2 is 2.15 bits per heavy atom. The second-order valence-electron chi connectivity index (χ2n) is 5.55. The zero-order valence-electron chi connectivity index (χ0n) is 11.8. The summed E-state index contributed by atoms with van der Waals surface area (Å²) in [5.41, 5.74) is 6.14. The molecule has 0 bridgehead atoms. The molecule has 1 aromatic carbocycles. The van der Waals surface area contributed by atoms with Gasteiger partial charge in [-0.1, -0.05) is 13.0 Å². The fourth-order valence-corrected chi connectivity index (χ4v) is 4.30. The molecule has 1 aliphatic heterocycles. The highest BCUT2D eigenvalue weighted by atomic mass is 32.2. The van der Waals surface area contributed by atoms with Gasteiger partial charge in [0.2, 0.25) is 10.0 Å². The molecular weight excluding hydrogens is 279 g/mol. The molecule has 2 N–H and O–H groups in total. The molecule has 1 heterocycles. The number of rotatable bonds is 3. The molecule has 20 heavy (non-hydrogen) atoms. The molecule has 1 aliphatic rings. The number of hydrogen-bond donors (Lipinski definition) is 1. The third-order valence-electron chi connectivity index (χ3n) is 3.95. The van der Waals surface area contributed by atoms with E-state index in [1.165, 1.54) is 16.4 Å². The van der Waals surface area contributed by atoms with Gasteiger partial charge < -0.3 is 5.73 Å². The van der Waals surface area contributed by atoms with Gasteiger partial charge in [-0.25, -0.2) is 12.8 Å². The van der Waals surface area contributed by atoms with E-state index in [0.717, 1.165) is 18.9 Å². The van der Waals surface area contributed by atoms with Crippen LogP contribution in [0.5, 0.6) is 0 Å². The summed E-state index contributed by atoms with van der Waals surface area (Å²) in [4.78, 5) is 0.00797. The Morgan fingerprint density at radius 3 is 2.75 bits per heavy atom. The Hall–Kier alpha value is -0.980. The van der Waals surface area contributed by atoms with Crippen molar-refractivity contribution in [2.24, 2.45) is 11.7 Å². The molecule has 2 unspecified atom stereocenters. The first-order valence-electron chi connectivity index (χ1n) is 6.84. The number of nitrogens with zero attached hydrogens (tertiary/aromatic N) is 1. The predicted octanol–water partition coefficient (Wildman–Crippen LogP) is 1.88. The van der Waals surface area contributed by atoms with Gasteiger partial charge in [-0.2, -0.15) is 4.31 Å². The highest BCUT2D eigenvalue weighted by Gasteiger charge is 2.35. The van der Waals surface area contributed by atoms with Crippen LogP contribution in [0.2, 0.25) is 0 Å². The summed E-state index contributed by atoms with van der Waals surface area (Å²) in [7, 11) is -3.67. The van der Waals surface area contributed by atoms with Crippen LogP contribution in [0.4, 0.5) is 4.39 Å². The largest absolute Gasteiger partial charge is 0.329 e. The Balaban J connectivity index is 2.35. The molecule has 2 rings (SSSR count). The normalized spacial score (nSPS) is 24.8. The maximum absolute atomic E-state index is 13.6. The van der Waals surface area contributed by atoms with E-state index in [2.05, 4.69) is 6.92 Å². The monoisotopic (exact) mass is 300 g/mol. The lowest BCUT2D eigenvalue weighted by atomic mass is 9.94. The van der Waals surface area contributed by atoms with Crippen LogP contribution in [0.15, 0.2) is 23.1 Å². The molecule has 0 saturated carbocycles. The van der Waals surface area contributed by atoms with Gasteiger partial charge in [-0.05, 0) is 43.4 Å². The summed E-state index contributed by atoms with van der Waals surface area (Å²) in [6.45, 7) is 4.44. The van der Waals surface area contributed by atoms with E-state index in [1.54, 1.807) is 6.92 Å². The first kappa shape index (κ1) is 15.4. The molecule has 0 aromatic heterocycles. The molecule has 0 amide bonds. The Kier molecular flexibility index (Phi) is 4.46. The van der Waals surface area contributed by atoms with Gasteiger partial charge in [0.05, 0.1) is 4.90 Å². The number of piperidine rings is 1. The number of sulfonamides is 1. The summed E-state index contributed by atoms with van der Waals surface area (Å²) >= 11 is 0. The third kappa shape index (κ3) is 2.87. The molecule has 1 aromatic rings. The van der Waals surface area contributed by atoms with Crippen molar-refractivity contribution in [1.82, 2.24) is 4.31 Å². The number of nitrogens with two attached hydrogens (primary N) is 1. The van der Waals surface area contributed by atoms with E-state index in [1.807, 2.05) is 0 Å². The van der Waals surface area contributed by atoms with Gasteiger partial charge in [0.25, 0.3) is 0 Å². The Morgan fingerprint density at radius 1 is 1.45 bits per heavy atom. The van der Waals surface area contributed by atoms with E-state index in [9.17, 15) is 12.8 Å². The summed E-state index contributed by atoms with van der Waals surface area (Å²) < 4.78 is 40.3. The molecular formula is C14H21FN2O2S. The van der Waals surface area contributed by atoms with Crippen LogP contribution in [-0.4, -0.2) is 31.9 Å². The van der Waals surface area contributed by atoms with E-state index < -0.39 is 15.8 Å². The highest BCUT2D eigenvalue weighted by molar-refractivity contribution is 7.89. The van der Waals surface area contributed by atoms with Crippen molar-refractivity contribution in [1.29, 1.82) is 0 Å². The molecule has 1 saturated heterocycles. The fraction of sp³-hybridized carbons (Fsp3) is 0.571. The van der Waals surface area contributed by atoms with Crippen molar-refractivity contribution < 1.29 is 12.8 Å². The number of hydrogen-bond acceptors (Lipinski definition) is 3. The molecule has 0 aliphatic carbocycles. The summed E-state index contributed by atoms with van der Waals surface area (Å²) in [5, 5.41) is 0. The lowest BCUT2D eigenvalue weighted by Crippen LogP contribution is -2.49. The van der Waals surface area contributed by atoms with Crippen LogP contribution >= 0.6 is 0 Å². The van der Waals surface area contributed by atoms with E-state index >= 15 is 0 Å². The number of benzene rings is 1. The second kappa shape index (κ2) is 5.79. The minimum absolute atomic E-state index is 0.00797. The quantitative estimate of drug-likeness (QED) is 0.927. The van der Waals surface area contributed by atoms with Gasteiger partial charge in [0, 0.05) is 19.1 Å². The summed E-state index contributed by atoms with van der Waals surface area (Å²) in [6, 6.07) is 3.84. The van der Waals surface area contributed by atoms with Gasteiger partial charge in [-0.3, -0.25) is 0 Å². The average Bonchev–Trinajstić information content (AvgIpc) is 2.41. The maximum atomic E-state index is 13.6. The van der Waals surface area contributed by atoms with Crippen molar-refractivity contribution in [3.05, 3.63) is 29.6 Å². The van der Waals surface area contributed by atoms with Crippen molar-refractivity contribution in [3.63, 3.8) is 0 Å². The van der Waals surface area contributed by atoms with E-state index in [4.69, 9.17) is 5.73 Å². The molecule has 112 valence electrons. The van der Waals surface area contributed by atoms with Gasteiger partial charge in [0.1, 0.15) is 5.82 Å². The Labute approximate surface area is 119 Å². The van der Waals surface area contributed by atoms with Crippen LogP contribution in [0.25, 0.3) is 0 Å². The summed E-state index contributed by atoms with van der Waals surface area (Å²) in [6.07, 6.45) is 1.56.